The number of Topliss-reactive ketones (excluding diaryl/α,β-unsaturated/α-hetero) is 1. The highest BCUT2D eigenvalue weighted by atomic mass is 79.9. The maximum Gasteiger partial charge on any atom is 0.573 e. The average Bonchev–Trinajstić information content (AvgIpc) is 2.25. The van der Waals surface area contributed by atoms with Crippen LogP contribution in [0, 0.1) is 0 Å². The van der Waals surface area contributed by atoms with Gasteiger partial charge in [0.2, 0.25) is 0 Å². The SMILES string of the molecule is CC(=O)C(Br)c1ccc(CBr)c(OC(F)(F)F)c1. The Morgan fingerprint density at radius 3 is 2.50 bits per heavy atom. The van der Waals surface area contributed by atoms with E-state index in [1.807, 2.05) is 0 Å². The lowest BCUT2D eigenvalue weighted by Gasteiger charge is -2.15. The highest BCUT2D eigenvalue weighted by molar-refractivity contribution is 9.09. The molecule has 0 bridgehead atoms. The maximum atomic E-state index is 12.2. The van der Waals surface area contributed by atoms with Gasteiger partial charge >= 0.3 is 6.36 Å². The second-order valence-corrected chi connectivity index (χ2v) is 5.00. The molecule has 0 fully saturated rings. The molecule has 100 valence electrons. The van der Waals surface area contributed by atoms with Crippen molar-refractivity contribution < 1.29 is 22.7 Å². The summed E-state index contributed by atoms with van der Waals surface area (Å²) < 4.78 is 40.6. The lowest BCUT2D eigenvalue weighted by Crippen LogP contribution is -2.18. The molecular formula is C11H9Br2F3O2. The first-order valence-electron chi connectivity index (χ1n) is 4.83. The lowest BCUT2D eigenvalue weighted by atomic mass is 10.1. The van der Waals surface area contributed by atoms with Crippen LogP contribution in [0.3, 0.4) is 0 Å². The molecular weight excluding hydrogens is 381 g/mol. The van der Waals surface area contributed by atoms with E-state index in [0.29, 0.717) is 11.1 Å². The van der Waals surface area contributed by atoms with Crippen molar-refractivity contribution in [2.45, 2.75) is 23.4 Å². The monoisotopic (exact) mass is 388 g/mol. The van der Waals surface area contributed by atoms with Crippen molar-refractivity contribution in [1.82, 2.24) is 0 Å². The summed E-state index contributed by atoms with van der Waals surface area (Å²) >= 11 is 6.19. The van der Waals surface area contributed by atoms with Crippen molar-refractivity contribution >= 4 is 37.6 Å². The fourth-order valence-corrected chi connectivity index (χ4v) is 2.04. The topological polar surface area (TPSA) is 26.3 Å². The predicted molar refractivity (Wildman–Crippen MR) is 68.1 cm³/mol. The van der Waals surface area contributed by atoms with Gasteiger partial charge < -0.3 is 4.74 Å². The summed E-state index contributed by atoms with van der Waals surface area (Å²) in [6.45, 7) is 1.35. The third-order valence-electron chi connectivity index (χ3n) is 2.11. The number of carbonyl (C=O) groups excluding carboxylic acids is 1. The van der Waals surface area contributed by atoms with E-state index in [1.54, 1.807) is 6.07 Å². The minimum Gasteiger partial charge on any atom is -0.405 e. The van der Waals surface area contributed by atoms with Crippen molar-refractivity contribution in [2.75, 3.05) is 0 Å². The Morgan fingerprint density at radius 2 is 2.06 bits per heavy atom. The van der Waals surface area contributed by atoms with Gasteiger partial charge in [0, 0.05) is 10.9 Å². The van der Waals surface area contributed by atoms with Crippen molar-refractivity contribution in [3.63, 3.8) is 0 Å². The van der Waals surface area contributed by atoms with Crippen molar-refractivity contribution in [3.05, 3.63) is 29.3 Å². The minimum atomic E-state index is -4.76. The van der Waals surface area contributed by atoms with Crippen LogP contribution in [-0.2, 0) is 10.1 Å². The van der Waals surface area contributed by atoms with E-state index < -0.39 is 11.2 Å². The first-order valence-corrected chi connectivity index (χ1v) is 6.87. The smallest absolute Gasteiger partial charge is 0.405 e. The molecule has 0 heterocycles. The number of hydrogen-bond acceptors (Lipinski definition) is 2. The number of alkyl halides is 5. The standard InChI is InChI=1S/C11H9Br2F3O2/c1-6(17)10(13)7-2-3-8(5-12)9(4-7)18-11(14,15)16/h2-4,10H,5H2,1H3. The van der Waals surface area contributed by atoms with Crippen LogP contribution < -0.4 is 4.74 Å². The molecule has 1 aromatic carbocycles. The molecule has 0 amide bonds. The fraction of sp³-hybridized carbons (Fsp3) is 0.364. The Hall–Kier alpha value is -0.560. The quantitative estimate of drug-likeness (QED) is 0.708. The molecule has 1 aromatic rings. The van der Waals surface area contributed by atoms with Crippen molar-refractivity contribution in [3.8, 4) is 5.75 Å². The fourth-order valence-electron chi connectivity index (χ4n) is 1.29. The van der Waals surface area contributed by atoms with Crippen LogP contribution in [-0.4, -0.2) is 12.1 Å². The summed E-state index contributed by atoms with van der Waals surface area (Å²) in [5, 5.41) is 0.228. The van der Waals surface area contributed by atoms with Gasteiger partial charge in [-0.05, 0) is 18.6 Å². The molecule has 7 heteroatoms. The number of halogens is 5. The third kappa shape index (κ3) is 4.28. The number of rotatable bonds is 4. The van der Waals surface area contributed by atoms with Crippen LogP contribution in [0.25, 0.3) is 0 Å². The summed E-state index contributed by atoms with van der Waals surface area (Å²) in [6.07, 6.45) is -4.76. The predicted octanol–water partition coefficient (Wildman–Crippen LogP) is 4.51. The molecule has 0 N–H and O–H groups in total. The van der Waals surface area contributed by atoms with Crippen LogP contribution in [0.2, 0.25) is 0 Å². The van der Waals surface area contributed by atoms with Gasteiger partial charge in [0.05, 0.1) is 4.83 Å². The molecule has 18 heavy (non-hydrogen) atoms. The van der Waals surface area contributed by atoms with Gasteiger partial charge in [-0.2, -0.15) is 0 Å². The first kappa shape index (κ1) is 15.5. The van der Waals surface area contributed by atoms with Gasteiger partial charge in [-0.15, -0.1) is 13.2 Å². The Labute approximate surface area is 119 Å². The zero-order valence-electron chi connectivity index (χ0n) is 9.22. The van der Waals surface area contributed by atoms with Gasteiger partial charge in [0.15, 0.2) is 0 Å². The summed E-state index contributed by atoms with van der Waals surface area (Å²) in [6, 6.07) is 4.29. The van der Waals surface area contributed by atoms with Gasteiger partial charge in [0.25, 0.3) is 0 Å². The first-order chi connectivity index (χ1) is 8.24. The van der Waals surface area contributed by atoms with Crippen LogP contribution in [0.1, 0.15) is 22.9 Å². The lowest BCUT2D eigenvalue weighted by molar-refractivity contribution is -0.274. The molecule has 0 saturated carbocycles. The molecule has 0 radical (unpaired) electrons. The van der Waals surface area contributed by atoms with E-state index in [9.17, 15) is 18.0 Å². The zero-order valence-corrected chi connectivity index (χ0v) is 12.4. The molecule has 1 unspecified atom stereocenters. The molecule has 0 aromatic heterocycles. The van der Waals surface area contributed by atoms with Gasteiger partial charge in [-0.3, -0.25) is 4.79 Å². The molecule has 0 aliphatic rings. The van der Waals surface area contributed by atoms with Gasteiger partial charge in [-0.25, -0.2) is 0 Å². The number of ether oxygens (including phenoxy) is 1. The largest absolute Gasteiger partial charge is 0.573 e. The summed E-state index contributed by atoms with van der Waals surface area (Å²) in [5.41, 5.74) is 0.783. The van der Waals surface area contributed by atoms with E-state index in [-0.39, 0.29) is 16.9 Å². The average molecular weight is 390 g/mol. The normalized spacial score (nSPS) is 13.2. The summed E-state index contributed by atoms with van der Waals surface area (Å²) in [7, 11) is 0. The zero-order chi connectivity index (χ0) is 13.9. The highest BCUT2D eigenvalue weighted by Crippen LogP contribution is 2.33. The van der Waals surface area contributed by atoms with Gasteiger partial charge in [0.1, 0.15) is 11.5 Å². The maximum absolute atomic E-state index is 12.2. The molecule has 0 saturated heterocycles. The molecule has 1 atom stereocenters. The Balaban J connectivity index is 3.13. The van der Waals surface area contributed by atoms with E-state index in [0.717, 1.165) is 0 Å². The van der Waals surface area contributed by atoms with E-state index in [4.69, 9.17) is 0 Å². The van der Waals surface area contributed by atoms with Crippen LogP contribution in [0.15, 0.2) is 18.2 Å². The van der Waals surface area contributed by atoms with Crippen LogP contribution in [0.4, 0.5) is 13.2 Å². The Bertz CT molecular complexity index is 446. The molecule has 0 aliphatic heterocycles. The number of hydrogen-bond donors (Lipinski definition) is 0. The van der Waals surface area contributed by atoms with Crippen LogP contribution >= 0.6 is 31.9 Å². The number of carbonyl (C=O) groups is 1. The number of ketones is 1. The van der Waals surface area contributed by atoms with Crippen molar-refractivity contribution in [1.29, 1.82) is 0 Å². The Kier molecular flexibility index (Phi) is 5.21. The highest BCUT2D eigenvalue weighted by Gasteiger charge is 2.32. The van der Waals surface area contributed by atoms with Crippen molar-refractivity contribution in [2.24, 2.45) is 0 Å². The van der Waals surface area contributed by atoms with E-state index >= 15 is 0 Å². The third-order valence-corrected chi connectivity index (χ3v) is 3.89. The molecule has 0 aliphatic carbocycles. The Morgan fingerprint density at radius 1 is 1.44 bits per heavy atom. The minimum absolute atomic E-state index is 0.195. The second-order valence-electron chi connectivity index (χ2n) is 3.52. The molecule has 0 spiro atoms. The summed E-state index contributed by atoms with van der Waals surface area (Å²) in [4.78, 5) is 10.5. The molecule has 1 rings (SSSR count). The summed E-state index contributed by atoms with van der Waals surface area (Å²) in [5.74, 6) is -0.498. The molecule has 2 nitrogen and oxygen atoms in total. The second kappa shape index (κ2) is 6.06. The van der Waals surface area contributed by atoms with E-state index in [1.165, 1.54) is 19.1 Å². The van der Waals surface area contributed by atoms with Gasteiger partial charge in [-0.1, -0.05) is 44.0 Å². The van der Waals surface area contributed by atoms with Crippen LogP contribution in [0.5, 0.6) is 5.75 Å². The van der Waals surface area contributed by atoms with E-state index in [2.05, 4.69) is 36.6 Å². The number of benzene rings is 1.